The number of rotatable bonds is 5. The monoisotopic (exact) mass is 357 g/mol. The minimum Gasteiger partial charge on any atom is -0.461 e. The van der Waals surface area contributed by atoms with Crippen molar-refractivity contribution >= 4 is 5.97 Å². The van der Waals surface area contributed by atoms with Crippen LogP contribution >= 0.6 is 0 Å². The van der Waals surface area contributed by atoms with E-state index in [2.05, 4.69) is 4.90 Å². The second kappa shape index (κ2) is 7.16. The van der Waals surface area contributed by atoms with Gasteiger partial charge in [0.2, 0.25) is 0 Å². The first kappa shape index (κ1) is 17.2. The molecular formula is C21H21F2NO2. The number of hydrogen-bond acceptors (Lipinski definition) is 3. The fourth-order valence-electron chi connectivity index (χ4n) is 4.21. The Morgan fingerprint density at radius 2 is 1.65 bits per heavy atom. The second-order valence-electron chi connectivity index (χ2n) is 7.22. The molecule has 1 saturated heterocycles. The van der Waals surface area contributed by atoms with E-state index in [1.807, 2.05) is 12.1 Å². The summed E-state index contributed by atoms with van der Waals surface area (Å²) in [6, 6.07) is 12.2. The normalized spacial score (nSPS) is 24.8. The number of carbonyl (C=O) groups excluding carboxylic acids is 1. The van der Waals surface area contributed by atoms with Gasteiger partial charge in [-0.2, -0.15) is 0 Å². The third-order valence-electron chi connectivity index (χ3n) is 5.66. The Morgan fingerprint density at radius 3 is 2.35 bits per heavy atom. The number of likely N-dealkylation sites (tertiary alicyclic amines) is 1. The van der Waals surface area contributed by atoms with Crippen molar-refractivity contribution in [3.8, 4) is 0 Å². The molecule has 0 spiro atoms. The van der Waals surface area contributed by atoms with E-state index in [1.165, 1.54) is 42.0 Å². The number of benzene rings is 2. The molecule has 2 aromatic carbocycles. The summed E-state index contributed by atoms with van der Waals surface area (Å²) in [6.07, 6.45) is 1.14. The van der Waals surface area contributed by atoms with Crippen molar-refractivity contribution in [3.63, 3.8) is 0 Å². The highest BCUT2D eigenvalue weighted by Crippen LogP contribution is 2.51. The predicted octanol–water partition coefficient (Wildman–Crippen LogP) is 3.86. The van der Waals surface area contributed by atoms with Gasteiger partial charge in [-0.15, -0.1) is 0 Å². The van der Waals surface area contributed by atoms with E-state index < -0.39 is 5.97 Å². The summed E-state index contributed by atoms with van der Waals surface area (Å²) in [7, 11) is 0. The van der Waals surface area contributed by atoms with Crippen LogP contribution in [0.3, 0.4) is 0 Å². The van der Waals surface area contributed by atoms with Crippen LogP contribution in [0.5, 0.6) is 0 Å². The van der Waals surface area contributed by atoms with E-state index in [1.54, 1.807) is 0 Å². The van der Waals surface area contributed by atoms with E-state index in [0.717, 1.165) is 19.5 Å². The molecule has 3 unspecified atom stereocenters. The Hall–Kier alpha value is -2.27. The minimum absolute atomic E-state index is 0.194. The Labute approximate surface area is 151 Å². The van der Waals surface area contributed by atoms with Gasteiger partial charge in [0.15, 0.2) is 0 Å². The molecule has 3 nitrogen and oxygen atoms in total. The molecule has 1 saturated carbocycles. The Balaban J connectivity index is 1.24. The van der Waals surface area contributed by atoms with E-state index in [0.29, 0.717) is 36.5 Å². The average molecular weight is 357 g/mol. The lowest BCUT2D eigenvalue weighted by Gasteiger charge is -2.40. The maximum atomic E-state index is 13.1. The van der Waals surface area contributed by atoms with Gasteiger partial charge in [0.05, 0.1) is 5.56 Å². The van der Waals surface area contributed by atoms with Gasteiger partial charge in [0.25, 0.3) is 0 Å². The van der Waals surface area contributed by atoms with Crippen LogP contribution in [-0.4, -0.2) is 37.1 Å². The zero-order valence-corrected chi connectivity index (χ0v) is 14.4. The molecule has 4 rings (SSSR count). The lowest BCUT2D eigenvalue weighted by atomic mass is 9.64. The molecule has 0 N–H and O–H groups in total. The van der Waals surface area contributed by atoms with Crippen LogP contribution in [0.15, 0.2) is 48.5 Å². The van der Waals surface area contributed by atoms with Gasteiger partial charge in [0, 0.05) is 19.6 Å². The standard InChI is InChI=1S/C21H21F2NO2/c22-17-5-1-14(2-6-17)19-11-16-12-24(13-20(16)19)9-10-26-21(25)15-3-7-18(23)8-4-15/h1-8,16,19-20H,9-13H2. The maximum absolute atomic E-state index is 13.1. The van der Waals surface area contributed by atoms with Gasteiger partial charge in [0.1, 0.15) is 18.2 Å². The van der Waals surface area contributed by atoms with Gasteiger partial charge in [-0.3, -0.25) is 4.90 Å². The van der Waals surface area contributed by atoms with Crippen LogP contribution in [0, 0.1) is 23.5 Å². The number of ether oxygens (including phenoxy) is 1. The van der Waals surface area contributed by atoms with Crippen molar-refractivity contribution in [2.24, 2.45) is 11.8 Å². The molecule has 3 atom stereocenters. The smallest absolute Gasteiger partial charge is 0.338 e. The zero-order valence-electron chi connectivity index (χ0n) is 14.4. The van der Waals surface area contributed by atoms with Crippen LogP contribution in [0.2, 0.25) is 0 Å². The molecule has 1 aliphatic heterocycles. The van der Waals surface area contributed by atoms with Gasteiger partial charge < -0.3 is 4.74 Å². The lowest BCUT2D eigenvalue weighted by Crippen LogP contribution is -2.33. The van der Waals surface area contributed by atoms with Crippen molar-refractivity contribution in [2.45, 2.75) is 12.3 Å². The molecule has 1 aliphatic carbocycles. The molecule has 0 radical (unpaired) electrons. The molecule has 2 fully saturated rings. The summed E-state index contributed by atoms with van der Waals surface area (Å²) in [5.74, 6) is 0.806. The first-order valence-electron chi connectivity index (χ1n) is 9.00. The van der Waals surface area contributed by atoms with Crippen LogP contribution in [0.4, 0.5) is 8.78 Å². The molecule has 0 aromatic heterocycles. The molecule has 2 aromatic rings. The molecule has 0 bridgehead atoms. The topological polar surface area (TPSA) is 29.5 Å². The van der Waals surface area contributed by atoms with Crippen molar-refractivity contribution in [3.05, 3.63) is 71.3 Å². The van der Waals surface area contributed by atoms with Crippen molar-refractivity contribution < 1.29 is 18.3 Å². The van der Waals surface area contributed by atoms with Gasteiger partial charge in [-0.1, -0.05) is 12.1 Å². The summed E-state index contributed by atoms with van der Waals surface area (Å²) < 4.78 is 31.3. The predicted molar refractivity (Wildman–Crippen MR) is 93.9 cm³/mol. The first-order chi connectivity index (χ1) is 12.6. The van der Waals surface area contributed by atoms with Crippen LogP contribution in [0.1, 0.15) is 28.3 Å². The fraction of sp³-hybridized carbons (Fsp3) is 0.381. The number of hydrogen-bond donors (Lipinski definition) is 0. The van der Waals surface area contributed by atoms with E-state index in [9.17, 15) is 13.6 Å². The SMILES string of the molecule is O=C(OCCN1CC2CC(c3ccc(F)cc3)C2C1)c1ccc(F)cc1. The van der Waals surface area contributed by atoms with E-state index in [-0.39, 0.29) is 11.6 Å². The molecule has 26 heavy (non-hydrogen) atoms. The molecule has 0 amide bonds. The summed E-state index contributed by atoms with van der Waals surface area (Å²) in [6.45, 7) is 3.05. The fourth-order valence-corrected chi connectivity index (χ4v) is 4.21. The molecule has 1 heterocycles. The van der Waals surface area contributed by atoms with E-state index in [4.69, 9.17) is 4.74 Å². The van der Waals surface area contributed by atoms with E-state index >= 15 is 0 Å². The van der Waals surface area contributed by atoms with Crippen LogP contribution in [0.25, 0.3) is 0 Å². The average Bonchev–Trinajstić information content (AvgIpc) is 2.94. The molecule has 136 valence electrons. The number of nitrogens with zero attached hydrogens (tertiary/aromatic N) is 1. The molecule has 2 aliphatic rings. The largest absolute Gasteiger partial charge is 0.461 e. The quantitative estimate of drug-likeness (QED) is 0.761. The lowest BCUT2D eigenvalue weighted by molar-refractivity contribution is 0.0471. The highest BCUT2D eigenvalue weighted by atomic mass is 19.1. The Kier molecular flexibility index (Phi) is 4.72. The summed E-state index contributed by atoms with van der Waals surface area (Å²) in [5, 5.41) is 0. The first-order valence-corrected chi connectivity index (χ1v) is 9.00. The van der Waals surface area contributed by atoms with Gasteiger partial charge >= 0.3 is 5.97 Å². The third kappa shape index (κ3) is 3.49. The summed E-state index contributed by atoms with van der Waals surface area (Å²) >= 11 is 0. The summed E-state index contributed by atoms with van der Waals surface area (Å²) in [5.41, 5.74) is 1.58. The summed E-state index contributed by atoms with van der Waals surface area (Å²) in [4.78, 5) is 14.3. The maximum Gasteiger partial charge on any atom is 0.338 e. The number of esters is 1. The second-order valence-corrected chi connectivity index (χ2v) is 7.22. The Morgan fingerprint density at radius 1 is 1.00 bits per heavy atom. The number of halogens is 2. The molecular weight excluding hydrogens is 336 g/mol. The third-order valence-corrected chi connectivity index (χ3v) is 5.66. The number of carbonyl (C=O) groups is 1. The van der Waals surface area contributed by atoms with Crippen molar-refractivity contribution in [2.75, 3.05) is 26.2 Å². The van der Waals surface area contributed by atoms with Crippen molar-refractivity contribution in [1.29, 1.82) is 0 Å². The molecule has 5 heteroatoms. The van der Waals surface area contributed by atoms with Crippen molar-refractivity contribution in [1.82, 2.24) is 4.90 Å². The highest BCUT2D eigenvalue weighted by molar-refractivity contribution is 5.89. The minimum atomic E-state index is -0.420. The van der Waals surface area contributed by atoms with Crippen LogP contribution in [-0.2, 0) is 4.74 Å². The van der Waals surface area contributed by atoms with Gasteiger partial charge in [-0.25, -0.2) is 13.6 Å². The number of fused-ring (bicyclic) bond motifs is 1. The Bertz CT molecular complexity index is 776. The van der Waals surface area contributed by atoms with Crippen LogP contribution < -0.4 is 0 Å². The van der Waals surface area contributed by atoms with Gasteiger partial charge in [-0.05, 0) is 66.1 Å². The highest BCUT2D eigenvalue weighted by Gasteiger charge is 2.47. The zero-order chi connectivity index (χ0) is 18.1.